The quantitative estimate of drug-likeness (QED) is 0.619. The number of ether oxygens (including phenoxy) is 1. The Labute approximate surface area is 63.0 Å². The predicted octanol–water partition coefficient (Wildman–Crippen LogP) is 0.749. The lowest BCUT2D eigenvalue weighted by atomic mass is 10.4. The van der Waals surface area contributed by atoms with Gasteiger partial charge in [0.05, 0.1) is 12.6 Å². The second kappa shape index (κ2) is 3.93. The Morgan fingerprint density at radius 3 is 2.40 bits per heavy atom. The van der Waals surface area contributed by atoms with Gasteiger partial charge in [0.25, 0.3) is 0 Å². The summed E-state index contributed by atoms with van der Waals surface area (Å²) >= 11 is 0. The molecule has 0 fully saturated rings. The molecular weight excluding hydrogens is 150 g/mol. The van der Waals surface area contributed by atoms with Crippen molar-refractivity contribution in [2.45, 2.75) is 13.0 Å². The van der Waals surface area contributed by atoms with Gasteiger partial charge in [-0.15, -0.1) is 0 Å². The third-order valence-electron chi connectivity index (χ3n) is 0.842. The second-order valence-corrected chi connectivity index (χ2v) is 5.16. The molecule has 0 radical (unpaired) electrons. The molecule has 4 heteroatoms. The summed E-state index contributed by atoms with van der Waals surface area (Å²) in [6, 6.07) is 0.0347. The topological polar surface area (TPSA) is 38.7 Å². The van der Waals surface area contributed by atoms with Crippen molar-refractivity contribution in [3.63, 3.8) is 0 Å². The first kappa shape index (κ1) is 9.91. The van der Waals surface area contributed by atoms with Crippen LogP contribution in [-0.2, 0) is 14.5 Å². The summed E-state index contributed by atoms with van der Waals surface area (Å²) < 4.78 is 19.9. The van der Waals surface area contributed by atoms with Gasteiger partial charge in [-0.25, -0.2) is 4.36 Å². The molecular formula is C6H15NO2S. The van der Waals surface area contributed by atoms with Crippen LogP contribution in [0.2, 0.25) is 0 Å². The summed E-state index contributed by atoms with van der Waals surface area (Å²) in [6.07, 6.45) is 3.25. The number of rotatable bonds is 3. The first-order valence-electron chi connectivity index (χ1n) is 3.11. The van der Waals surface area contributed by atoms with Crippen LogP contribution < -0.4 is 0 Å². The molecule has 0 bridgehead atoms. The highest BCUT2D eigenvalue weighted by molar-refractivity contribution is 7.92. The van der Waals surface area contributed by atoms with Gasteiger partial charge in [-0.1, -0.05) is 0 Å². The molecule has 0 amide bonds. The van der Waals surface area contributed by atoms with E-state index in [0.29, 0.717) is 6.61 Å². The van der Waals surface area contributed by atoms with E-state index in [-0.39, 0.29) is 6.04 Å². The van der Waals surface area contributed by atoms with E-state index in [9.17, 15) is 4.21 Å². The Bertz CT molecular complexity index is 186. The van der Waals surface area contributed by atoms with Crippen LogP contribution in [0.3, 0.4) is 0 Å². The summed E-state index contributed by atoms with van der Waals surface area (Å²) in [5.74, 6) is 0. The summed E-state index contributed by atoms with van der Waals surface area (Å²) in [5.41, 5.74) is 0. The Hall–Kier alpha value is -0.0900. The maximum Gasteiger partial charge on any atom is 0.0799 e. The van der Waals surface area contributed by atoms with Crippen molar-refractivity contribution in [1.82, 2.24) is 0 Å². The molecule has 0 N–H and O–H groups in total. The highest BCUT2D eigenvalue weighted by Gasteiger charge is 1.98. The van der Waals surface area contributed by atoms with Crippen molar-refractivity contribution in [3.05, 3.63) is 0 Å². The van der Waals surface area contributed by atoms with E-state index in [2.05, 4.69) is 4.36 Å². The SMILES string of the molecule is COC[C@@H](C)N=S(C)(C)=O. The lowest BCUT2D eigenvalue weighted by Crippen LogP contribution is -2.09. The monoisotopic (exact) mass is 165 g/mol. The normalized spacial score (nSPS) is 14.8. The number of methoxy groups -OCH3 is 1. The molecule has 0 saturated carbocycles. The molecule has 0 aromatic rings. The van der Waals surface area contributed by atoms with Gasteiger partial charge >= 0.3 is 0 Å². The van der Waals surface area contributed by atoms with E-state index in [1.54, 1.807) is 19.6 Å². The van der Waals surface area contributed by atoms with E-state index < -0.39 is 9.73 Å². The van der Waals surface area contributed by atoms with Crippen LogP contribution >= 0.6 is 0 Å². The summed E-state index contributed by atoms with van der Waals surface area (Å²) in [4.78, 5) is 0. The molecule has 3 nitrogen and oxygen atoms in total. The first-order valence-corrected chi connectivity index (χ1v) is 5.44. The van der Waals surface area contributed by atoms with Gasteiger partial charge in [0.15, 0.2) is 0 Å². The zero-order chi connectivity index (χ0) is 8.20. The highest BCUT2D eigenvalue weighted by Crippen LogP contribution is 1.94. The van der Waals surface area contributed by atoms with Crippen LogP contribution in [0.1, 0.15) is 6.92 Å². The second-order valence-electron chi connectivity index (χ2n) is 2.59. The molecule has 0 aromatic heterocycles. The van der Waals surface area contributed by atoms with Crippen molar-refractivity contribution in [2.24, 2.45) is 4.36 Å². The van der Waals surface area contributed by atoms with Gasteiger partial charge in [-0.3, -0.25) is 4.21 Å². The minimum absolute atomic E-state index is 0.0347. The smallest absolute Gasteiger partial charge is 0.0799 e. The molecule has 0 aliphatic carbocycles. The van der Waals surface area contributed by atoms with Gasteiger partial charge in [-0.2, -0.15) is 0 Å². The fourth-order valence-electron chi connectivity index (χ4n) is 0.705. The van der Waals surface area contributed by atoms with Crippen molar-refractivity contribution in [1.29, 1.82) is 0 Å². The third-order valence-corrected chi connectivity index (χ3v) is 1.71. The van der Waals surface area contributed by atoms with E-state index in [0.717, 1.165) is 0 Å². The van der Waals surface area contributed by atoms with E-state index >= 15 is 0 Å². The van der Waals surface area contributed by atoms with E-state index in [1.807, 2.05) is 6.92 Å². The molecule has 0 spiro atoms. The Morgan fingerprint density at radius 1 is 1.60 bits per heavy atom. The fraction of sp³-hybridized carbons (Fsp3) is 1.00. The van der Waals surface area contributed by atoms with E-state index in [1.165, 1.54) is 0 Å². The van der Waals surface area contributed by atoms with Crippen molar-refractivity contribution in [3.8, 4) is 0 Å². The predicted molar refractivity (Wildman–Crippen MR) is 43.8 cm³/mol. The molecule has 0 heterocycles. The van der Waals surface area contributed by atoms with Gasteiger partial charge in [0.1, 0.15) is 0 Å². The lowest BCUT2D eigenvalue weighted by Gasteiger charge is -2.04. The van der Waals surface area contributed by atoms with Crippen molar-refractivity contribution in [2.75, 3.05) is 26.2 Å². The van der Waals surface area contributed by atoms with Crippen LogP contribution in [0.4, 0.5) is 0 Å². The maximum absolute atomic E-state index is 11.0. The van der Waals surface area contributed by atoms with Crippen molar-refractivity contribution < 1.29 is 8.95 Å². The Kier molecular flexibility index (Phi) is 3.89. The number of hydrogen-bond acceptors (Lipinski definition) is 3. The lowest BCUT2D eigenvalue weighted by molar-refractivity contribution is 0.186. The molecule has 10 heavy (non-hydrogen) atoms. The third kappa shape index (κ3) is 6.04. The molecule has 0 rings (SSSR count). The standard InChI is InChI=1S/C6H15NO2S/c1-6(5-9-2)7-10(3,4)8/h6H,5H2,1-4H3/t6-/m1/s1. The van der Waals surface area contributed by atoms with Crippen LogP contribution in [0.25, 0.3) is 0 Å². The maximum atomic E-state index is 11.0. The molecule has 1 atom stereocenters. The largest absolute Gasteiger partial charge is 0.382 e. The van der Waals surface area contributed by atoms with Crippen LogP contribution in [0.15, 0.2) is 4.36 Å². The summed E-state index contributed by atoms with van der Waals surface area (Å²) in [5, 5.41) is 0. The minimum Gasteiger partial charge on any atom is -0.382 e. The van der Waals surface area contributed by atoms with E-state index in [4.69, 9.17) is 4.74 Å². The number of nitrogens with zero attached hydrogens (tertiary/aromatic N) is 1. The zero-order valence-corrected chi connectivity index (χ0v) is 7.77. The zero-order valence-electron chi connectivity index (χ0n) is 6.96. The Morgan fingerprint density at radius 2 is 2.10 bits per heavy atom. The molecule has 0 aliphatic rings. The molecule has 0 saturated heterocycles. The number of hydrogen-bond donors (Lipinski definition) is 0. The Balaban J connectivity index is 4.01. The first-order chi connectivity index (χ1) is 4.45. The van der Waals surface area contributed by atoms with Gasteiger partial charge < -0.3 is 4.74 Å². The molecule has 0 aliphatic heterocycles. The van der Waals surface area contributed by atoms with Crippen LogP contribution in [0.5, 0.6) is 0 Å². The molecule has 0 aromatic carbocycles. The van der Waals surface area contributed by atoms with Gasteiger partial charge in [0.2, 0.25) is 0 Å². The molecule has 62 valence electrons. The van der Waals surface area contributed by atoms with Crippen molar-refractivity contribution >= 4 is 9.73 Å². The highest BCUT2D eigenvalue weighted by atomic mass is 32.2. The average Bonchev–Trinajstić information content (AvgIpc) is 1.59. The average molecular weight is 165 g/mol. The summed E-state index contributed by atoms with van der Waals surface area (Å²) in [6.45, 7) is 2.43. The van der Waals surface area contributed by atoms with Gasteiger partial charge in [-0.05, 0) is 6.92 Å². The minimum atomic E-state index is -1.95. The fourth-order valence-corrected chi connectivity index (χ4v) is 1.63. The molecule has 0 unspecified atom stereocenters. The van der Waals surface area contributed by atoms with Gasteiger partial charge in [0, 0.05) is 29.4 Å². The van der Waals surface area contributed by atoms with Crippen LogP contribution in [-0.4, -0.2) is 36.5 Å². The van der Waals surface area contributed by atoms with Crippen LogP contribution in [0, 0.1) is 0 Å². The summed E-state index contributed by atoms with van der Waals surface area (Å²) in [7, 11) is -0.340.